The smallest absolute Gasteiger partial charge is 0.290 e. The van der Waals surface area contributed by atoms with Gasteiger partial charge in [-0.3, -0.25) is 10.1 Å². The van der Waals surface area contributed by atoms with Gasteiger partial charge in [-0.15, -0.1) is 0 Å². The van der Waals surface area contributed by atoms with Crippen molar-refractivity contribution in [1.82, 2.24) is 0 Å². The van der Waals surface area contributed by atoms with Crippen LogP contribution in [0.25, 0.3) is 0 Å². The first-order valence-electron chi connectivity index (χ1n) is 3.04. The molecule has 0 radical (unpaired) electrons. The fraction of sp³-hybridized carbons (Fsp3) is 0. The highest BCUT2D eigenvalue weighted by molar-refractivity contribution is 6.59. The molecular weight excluding hydrogens is 148 g/mol. The van der Waals surface area contributed by atoms with E-state index in [1.54, 1.807) is 18.2 Å². The maximum absolute atomic E-state index is 12.6. The van der Waals surface area contributed by atoms with E-state index in [1.165, 1.54) is 12.1 Å². The maximum Gasteiger partial charge on any atom is 0.789 e. The Kier molecular flexibility index (Phi) is 2.20. The number of hydrogen-bond donors (Lipinski definition) is 0. The SMILES string of the molecule is O=[N+]([O-])B(F)c1ccccc1. The van der Waals surface area contributed by atoms with Crippen molar-refractivity contribution >= 4 is 12.6 Å². The lowest BCUT2D eigenvalue weighted by molar-refractivity contribution is -0.338. The number of nitrogens with zero attached hydrogens (tertiary/aromatic N) is 1. The van der Waals surface area contributed by atoms with Crippen LogP contribution in [0.1, 0.15) is 0 Å². The molecule has 11 heavy (non-hydrogen) atoms. The first-order valence-corrected chi connectivity index (χ1v) is 3.04. The monoisotopic (exact) mass is 153 g/mol. The Bertz CT molecular complexity index is 254. The molecule has 0 atom stereocenters. The van der Waals surface area contributed by atoms with Crippen molar-refractivity contribution in [2.24, 2.45) is 0 Å². The molecule has 0 aliphatic heterocycles. The molecule has 0 aromatic heterocycles. The Morgan fingerprint density at radius 3 is 2.36 bits per heavy atom. The lowest BCUT2D eigenvalue weighted by Gasteiger charge is -1.92. The van der Waals surface area contributed by atoms with E-state index in [4.69, 9.17) is 0 Å². The Hall–Kier alpha value is -1.39. The highest BCUT2D eigenvalue weighted by Crippen LogP contribution is 1.89. The second-order valence-electron chi connectivity index (χ2n) is 2.03. The van der Waals surface area contributed by atoms with Gasteiger partial charge in [0.25, 0.3) is 0 Å². The Labute approximate surface area is 63.1 Å². The first kappa shape index (κ1) is 7.72. The van der Waals surface area contributed by atoms with Crippen LogP contribution in [-0.2, 0) is 0 Å². The maximum atomic E-state index is 12.6. The zero-order chi connectivity index (χ0) is 8.27. The molecular formula is C6H5BFNO2. The minimum Gasteiger partial charge on any atom is -0.290 e. The summed E-state index contributed by atoms with van der Waals surface area (Å²) in [5.74, 6) is 0. The summed E-state index contributed by atoms with van der Waals surface area (Å²) in [5, 5.41) is 9.93. The minimum absolute atomic E-state index is 0.0810. The van der Waals surface area contributed by atoms with Gasteiger partial charge in [0, 0.05) is 5.46 Å². The molecule has 1 aromatic carbocycles. The summed E-state index contributed by atoms with van der Waals surface area (Å²) in [6, 6.07) is 7.56. The molecule has 1 aromatic rings. The van der Waals surface area contributed by atoms with Gasteiger partial charge in [0.15, 0.2) is 0 Å². The summed E-state index contributed by atoms with van der Waals surface area (Å²) in [6.07, 6.45) is 0. The molecule has 1 rings (SSSR count). The van der Waals surface area contributed by atoms with E-state index in [9.17, 15) is 14.4 Å². The van der Waals surface area contributed by atoms with Crippen molar-refractivity contribution < 1.29 is 9.15 Å². The van der Waals surface area contributed by atoms with Crippen LogP contribution in [0.5, 0.6) is 0 Å². The molecule has 5 heteroatoms. The average molecular weight is 153 g/mol. The quantitative estimate of drug-likeness (QED) is 0.355. The molecule has 0 fully saturated rings. The van der Waals surface area contributed by atoms with Gasteiger partial charge in [0.1, 0.15) is 0 Å². The van der Waals surface area contributed by atoms with Crippen LogP contribution in [0, 0.1) is 10.1 Å². The van der Waals surface area contributed by atoms with Gasteiger partial charge in [-0.1, -0.05) is 30.3 Å². The Balaban J connectivity index is 2.85. The molecule has 0 heterocycles. The third-order valence-electron chi connectivity index (χ3n) is 1.26. The zero-order valence-electron chi connectivity index (χ0n) is 5.61. The second kappa shape index (κ2) is 3.14. The summed E-state index contributed by atoms with van der Waals surface area (Å²) < 4.78 is 12.6. The highest BCUT2D eigenvalue weighted by Gasteiger charge is 2.35. The molecule has 0 amide bonds. The number of hydrogen-bond acceptors (Lipinski definition) is 2. The number of benzene rings is 1. The molecule has 0 unspecified atom stereocenters. The van der Waals surface area contributed by atoms with Crippen molar-refractivity contribution in [3.8, 4) is 0 Å². The van der Waals surface area contributed by atoms with E-state index < -0.39 is 12.0 Å². The summed E-state index contributed by atoms with van der Waals surface area (Å²) in [7, 11) is -2.10. The first-order chi connectivity index (χ1) is 5.22. The van der Waals surface area contributed by atoms with Crippen molar-refractivity contribution in [3.63, 3.8) is 0 Å². The summed E-state index contributed by atoms with van der Waals surface area (Å²) in [5.41, 5.74) is 0.0810. The lowest BCUT2D eigenvalue weighted by Crippen LogP contribution is -2.33. The third-order valence-corrected chi connectivity index (χ3v) is 1.26. The van der Waals surface area contributed by atoms with E-state index in [0.717, 1.165) is 0 Å². The van der Waals surface area contributed by atoms with Gasteiger partial charge < -0.3 is 0 Å². The molecule has 0 N–H and O–H groups in total. The number of rotatable bonds is 2. The largest absolute Gasteiger partial charge is 0.789 e. The summed E-state index contributed by atoms with van der Waals surface area (Å²) in [4.78, 5) is 8.97. The third kappa shape index (κ3) is 1.76. The Morgan fingerprint density at radius 2 is 1.91 bits per heavy atom. The predicted octanol–water partition coefficient (Wildman–Crippen LogP) is 0.628. The topological polar surface area (TPSA) is 43.1 Å². The van der Waals surface area contributed by atoms with E-state index in [-0.39, 0.29) is 5.46 Å². The molecule has 3 nitrogen and oxygen atoms in total. The molecule has 0 saturated carbocycles. The number of halogens is 1. The normalized spacial score (nSPS) is 9.18. The van der Waals surface area contributed by atoms with Crippen LogP contribution in [0.3, 0.4) is 0 Å². The standard InChI is InChI=1S/C6H5BFNO2/c8-7(9(10)11)6-4-2-1-3-5-6/h1-5H. The van der Waals surface area contributed by atoms with Crippen LogP contribution >= 0.6 is 0 Å². The second-order valence-corrected chi connectivity index (χ2v) is 2.03. The van der Waals surface area contributed by atoms with Crippen molar-refractivity contribution in [3.05, 3.63) is 40.4 Å². The number of nitro groups is 1. The van der Waals surface area contributed by atoms with E-state index in [0.29, 0.717) is 0 Å². The van der Waals surface area contributed by atoms with E-state index in [1.807, 2.05) is 0 Å². The van der Waals surface area contributed by atoms with Gasteiger partial charge in [-0.05, 0) is 4.83 Å². The van der Waals surface area contributed by atoms with Gasteiger partial charge in [-0.2, -0.15) is 0 Å². The lowest BCUT2D eigenvalue weighted by atomic mass is 9.78. The molecule has 0 aliphatic carbocycles. The van der Waals surface area contributed by atoms with Gasteiger partial charge in [0.05, 0.1) is 0 Å². The van der Waals surface area contributed by atoms with E-state index >= 15 is 0 Å². The Morgan fingerprint density at radius 1 is 1.36 bits per heavy atom. The molecule has 0 spiro atoms. The van der Waals surface area contributed by atoms with Gasteiger partial charge in [0.2, 0.25) is 0 Å². The van der Waals surface area contributed by atoms with Crippen molar-refractivity contribution in [2.75, 3.05) is 0 Å². The fourth-order valence-electron chi connectivity index (χ4n) is 0.734. The van der Waals surface area contributed by atoms with Crippen LogP contribution in [0.2, 0.25) is 0 Å². The summed E-state index contributed by atoms with van der Waals surface area (Å²) >= 11 is 0. The zero-order valence-corrected chi connectivity index (χ0v) is 5.61. The molecule has 56 valence electrons. The van der Waals surface area contributed by atoms with Crippen LogP contribution in [0.15, 0.2) is 30.3 Å². The van der Waals surface area contributed by atoms with Crippen LogP contribution in [0.4, 0.5) is 4.32 Å². The van der Waals surface area contributed by atoms with Crippen molar-refractivity contribution in [1.29, 1.82) is 0 Å². The fourth-order valence-corrected chi connectivity index (χ4v) is 0.734. The molecule has 0 bridgehead atoms. The predicted molar refractivity (Wildman–Crippen MR) is 39.9 cm³/mol. The molecule has 0 aliphatic rings. The minimum atomic E-state index is -2.10. The van der Waals surface area contributed by atoms with E-state index in [2.05, 4.69) is 0 Å². The van der Waals surface area contributed by atoms with Gasteiger partial charge in [-0.25, -0.2) is 4.32 Å². The molecule has 0 saturated heterocycles. The van der Waals surface area contributed by atoms with Crippen LogP contribution in [-0.4, -0.2) is 12.0 Å². The van der Waals surface area contributed by atoms with Crippen molar-refractivity contribution in [2.45, 2.75) is 0 Å². The average Bonchev–Trinajstić information content (AvgIpc) is 2.05. The van der Waals surface area contributed by atoms with Crippen LogP contribution < -0.4 is 5.46 Å². The van der Waals surface area contributed by atoms with Gasteiger partial charge >= 0.3 is 7.12 Å². The highest BCUT2D eigenvalue weighted by atomic mass is 19.1. The summed E-state index contributed by atoms with van der Waals surface area (Å²) in [6.45, 7) is 0.